The normalized spacial score (nSPS) is 11.6. The van der Waals surface area contributed by atoms with E-state index in [1.807, 2.05) is 0 Å². The molecule has 3 N–H and O–H groups in total. The maximum Gasteiger partial charge on any atom is 0.326 e. The molecule has 0 aliphatic carbocycles. The number of nitrogens with zero attached hydrogens (tertiary/aromatic N) is 2. The second-order valence-corrected chi connectivity index (χ2v) is 3.42. The number of carbonyl (C=O) groups excluding carboxylic acids is 1. The molecule has 0 bridgehead atoms. The Morgan fingerprint density at radius 2 is 1.83 bits per heavy atom. The first-order valence-electron chi connectivity index (χ1n) is 5.01. The highest BCUT2D eigenvalue weighted by atomic mass is 16.4. The van der Waals surface area contributed by atoms with Crippen LogP contribution in [0.15, 0.2) is 18.7 Å². The molecule has 1 rings (SSSR count). The van der Waals surface area contributed by atoms with Gasteiger partial charge in [-0.3, -0.25) is 9.59 Å². The second-order valence-electron chi connectivity index (χ2n) is 3.42. The summed E-state index contributed by atoms with van der Waals surface area (Å²) in [6, 6.07) is -1.26. The van der Waals surface area contributed by atoms with Crippen LogP contribution in [0.5, 0.6) is 0 Å². The van der Waals surface area contributed by atoms with Crippen LogP contribution in [-0.4, -0.2) is 44.1 Å². The summed E-state index contributed by atoms with van der Waals surface area (Å²) in [5.74, 6) is -3.08. The molecular formula is C10H11N3O5. The fourth-order valence-electron chi connectivity index (χ4n) is 1.18. The van der Waals surface area contributed by atoms with Gasteiger partial charge in [0.1, 0.15) is 12.4 Å². The summed E-state index contributed by atoms with van der Waals surface area (Å²) >= 11 is 0. The number of amides is 1. The predicted molar refractivity (Wildman–Crippen MR) is 57.8 cm³/mol. The van der Waals surface area contributed by atoms with E-state index in [4.69, 9.17) is 10.2 Å². The van der Waals surface area contributed by atoms with E-state index in [9.17, 15) is 14.4 Å². The summed E-state index contributed by atoms with van der Waals surface area (Å²) in [6.45, 7) is 0. The maximum absolute atomic E-state index is 11.6. The van der Waals surface area contributed by atoms with Crippen molar-refractivity contribution in [1.82, 2.24) is 15.3 Å². The molecule has 1 amide bonds. The highest BCUT2D eigenvalue weighted by Gasteiger charge is 2.21. The molecule has 96 valence electrons. The Morgan fingerprint density at radius 3 is 2.33 bits per heavy atom. The second kappa shape index (κ2) is 6.28. The lowest BCUT2D eigenvalue weighted by atomic mass is 10.1. The fraction of sp³-hybridized carbons (Fsp3) is 0.300. The third kappa shape index (κ3) is 4.16. The van der Waals surface area contributed by atoms with Crippen molar-refractivity contribution >= 4 is 17.8 Å². The molecule has 0 aliphatic heterocycles. The van der Waals surface area contributed by atoms with Gasteiger partial charge in [0.25, 0.3) is 5.91 Å². The van der Waals surface area contributed by atoms with E-state index >= 15 is 0 Å². The van der Waals surface area contributed by atoms with Gasteiger partial charge in [0.2, 0.25) is 0 Å². The molecule has 0 saturated heterocycles. The van der Waals surface area contributed by atoms with Crippen molar-refractivity contribution in [3.63, 3.8) is 0 Å². The van der Waals surface area contributed by atoms with E-state index in [1.54, 1.807) is 0 Å². The van der Waals surface area contributed by atoms with Crippen LogP contribution < -0.4 is 5.32 Å². The third-order valence-electron chi connectivity index (χ3n) is 2.07. The first-order valence-corrected chi connectivity index (χ1v) is 5.01. The molecule has 1 atom stereocenters. The molecule has 1 unspecified atom stereocenters. The number of aliphatic carboxylic acids is 2. The summed E-state index contributed by atoms with van der Waals surface area (Å²) in [6.07, 6.45) is 3.17. The number of carboxylic acids is 2. The van der Waals surface area contributed by atoms with Crippen LogP contribution >= 0.6 is 0 Å². The number of nitrogens with one attached hydrogen (secondary N) is 1. The number of rotatable bonds is 6. The van der Waals surface area contributed by atoms with E-state index in [0.29, 0.717) is 0 Å². The molecule has 0 spiro atoms. The maximum atomic E-state index is 11.6. The summed E-state index contributed by atoms with van der Waals surface area (Å²) < 4.78 is 0. The lowest BCUT2D eigenvalue weighted by Crippen LogP contribution is -2.41. The van der Waals surface area contributed by atoms with E-state index < -0.39 is 23.9 Å². The summed E-state index contributed by atoms with van der Waals surface area (Å²) in [5, 5.41) is 19.5. The van der Waals surface area contributed by atoms with Crippen molar-refractivity contribution < 1.29 is 24.6 Å². The van der Waals surface area contributed by atoms with Gasteiger partial charge in [0.05, 0.1) is 5.56 Å². The van der Waals surface area contributed by atoms with Gasteiger partial charge in [0.15, 0.2) is 0 Å². The zero-order valence-corrected chi connectivity index (χ0v) is 9.24. The van der Waals surface area contributed by atoms with E-state index in [0.717, 1.165) is 0 Å². The molecule has 1 heterocycles. The number of aromatic nitrogens is 2. The van der Waals surface area contributed by atoms with Gasteiger partial charge in [-0.25, -0.2) is 14.8 Å². The third-order valence-corrected chi connectivity index (χ3v) is 2.07. The topological polar surface area (TPSA) is 129 Å². The van der Waals surface area contributed by atoms with Crippen LogP contribution in [0.3, 0.4) is 0 Å². The highest BCUT2D eigenvalue weighted by Crippen LogP contribution is 2.01. The van der Waals surface area contributed by atoms with Crippen molar-refractivity contribution in [3.05, 3.63) is 24.3 Å². The Hall–Kier alpha value is -2.51. The molecule has 8 heteroatoms. The van der Waals surface area contributed by atoms with Gasteiger partial charge in [-0.1, -0.05) is 0 Å². The Morgan fingerprint density at radius 1 is 1.22 bits per heavy atom. The first-order chi connectivity index (χ1) is 8.50. The van der Waals surface area contributed by atoms with Gasteiger partial charge in [-0.2, -0.15) is 0 Å². The van der Waals surface area contributed by atoms with Gasteiger partial charge >= 0.3 is 11.9 Å². The molecule has 1 aromatic rings. The average Bonchev–Trinajstić information content (AvgIpc) is 2.34. The Bertz CT molecular complexity index is 448. The van der Waals surface area contributed by atoms with E-state index in [2.05, 4.69) is 15.3 Å². The van der Waals surface area contributed by atoms with Crippen molar-refractivity contribution in [3.8, 4) is 0 Å². The zero-order chi connectivity index (χ0) is 13.5. The number of hydrogen-bond donors (Lipinski definition) is 3. The van der Waals surface area contributed by atoms with Gasteiger partial charge in [-0.15, -0.1) is 0 Å². The van der Waals surface area contributed by atoms with Crippen molar-refractivity contribution in [2.75, 3.05) is 0 Å². The minimum absolute atomic E-state index is 0.110. The fourth-order valence-corrected chi connectivity index (χ4v) is 1.18. The summed E-state index contributed by atoms with van der Waals surface area (Å²) in [4.78, 5) is 40.0. The van der Waals surface area contributed by atoms with Crippen LogP contribution in [0.1, 0.15) is 23.2 Å². The van der Waals surface area contributed by atoms with E-state index in [1.165, 1.54) is 18.7 Å². The van der Waals surface area contributed by atoms with Gasteiger partial charge < -0.3 is 15.5 Å². The number of carboxylic acid groups (broad SMARTS) is 2. The largest absolute Gasteiger partial charge is 0.481 e. The lowest BCUT2D eigenvalue weighted by molar-refractivity contribution is -0.140. The van der Waals surface area contributed by atoms with Crippen LogP contribution in [0.4, 0.5) is 0 Å². The van der Waals surface area contributed by atoms with E-state index in [-0.39, 0.29) is 18.4 Å². The quantitative estimate of drug-likeness (QED) is 0.624. The Labute approximate surface area is 102 Å². The molecule has 0 radical (unpaired) electrons. The monoisotopic (exact) mass is 253 g/mol. The molecular weight excluding hydrogens is 242 g/mol. The minimum Gasteiger partial charge on any atom is -0.481 e. The molecule has 18 heavy (non-hydrogen) atoms. The lowest BCUT2D eigenvalue weighted by Gasteiger charge is -2.12. The van der Waals surface area contributed by atoms with Crippen LogP contribution in [0.2, 0.25) is 0 Å². The van der Waals surface area contributed by atoms with Crippen LogP contribution in [-0.2, 0) is 9.59 Å². The number of carbonyl (C=O) groups is 3. The SMILES string of the molecule is O=C(O)CCC(NC(=O)c1cncnc1)C(=O)O. The summed E-state index contributed by atoms with van der Waals surface area (Å²) in [5.41, 5.74) is 0.110. The minimum atomic E-state index is -1.29. The standard InChI is InChI=1S/C10H11N3O5/c14-8(15)2-1-7(10(17)18)13-9(16)6-3-11-5-12-4-6/h3-5,7H,1-2H2,(H,13,16)(H,14,15)(H,17,18). The average molecular weight is 253 g/mol. The number of hydrogen-bond acceptors (Lipinski definition) is 5. The molecule has 0 fully saturated rings. The first kappa shape index (κ1) is 13.6. The van der Waals surface area contributed by atoms with Crippen molar-refractivity contribution in [2.45, 2.75) is 18.9 Å². The predicted octanol–water partition coefficient (Wildman–Crippen LogP) is -0.476. The molecule has 0 saturated carbocycles. The van der Waals surface area contributed by atoms with Crippen LogP contribution in [0, 0.1) is 0 Å². The van der Waals surface area contributed by atoms with Crippen molar-refractivity contribution in [2.24, 2.45) is 0 Å². The molecule has 0 aliphatic rings. The van der Waals surface area contributed by atoms with Crippen LogP contribution in [0.25, 0.3) is 0 Å². The van der Waals surface area contributed by atoms with Gasteiger partial charge in [-0.05, 0) is 6.42 Å². The highest BCUT2D eigenvalue weighted by molar-refractivity contribution is 5.96. The smallest absolute Gasteiger partial charge is 0.326 e. The Kier molecular flexibility index (Phi) is 4.73. The summed E-state index contributed by atoms with van der Waals surface area (Å²) in [7, 11) is 0. The zero-order valence-electron chi connectivity index (χ0n) is 9.24. The van der Waals surface area contributed by atoms with Crippen molar-refractivity contribution in [1.29, 1.82) is 0 Å². The Balaban J connectivity index is 2.64. The molecule has 1 aromatic heterocycles. The van der Waals surface area contributed by atoms with Gasteiger partial charge in [0, 0.05) is 18.8 Å². The molecule has 8 nitrogen and oxygen atoms in total. The molecule has 0 aromatic carbocycles.